The summed E-state index contributed by atoms with van der Waals surface area (Å²) < 4.78 is 0. The summed E-state index contributed by atoms with van der Waals surface area (Å²) in [6, 6.07) is 11.1. The summed E-state index contributed by atoms with van der Waals surface area (Å²) in [6.07, 6.45) is 6.60. The summed E-state index contributed by atoms with van der Waals surface area (Å²) in [5.41, 5.74) is 1.31. The Balaban J connectivity index is 0.00000128. The van der Waals surface area contributed by atoms with Crippen molar-refractivity contribution < 1.29 is 0 Å². The fourth-order valence-corrected chi connectivity index (χ4v) is 2.34. The van der Waals surface area contributed by atoms with Crippen LogP contribution in [-0.2, 0) is 6.54 Å². The maximum atomic E-state index is 6.11. The molecule has 0 amide bonds. The normalized spacial score (nSPS) is 17.1. The third-order valence-electron chi connectivity index (χ3n) is 3.25. The van der Waals surface area contributed by atoms with Gasteiger partial charge in [0.2, 0.25) is 0 Å². The monoisotopic (exact) mass is 221 g/mol. The Bertz CT molecular complexity index is 280. The topological polar surface area (TPSA) is 64.3 Å². The van der Waals surface area contributed by atoms with Crippen molar-refractivity contribution in [2.75, 3.05) is 0 Å². The Morgan fingerprint density at radius 1 is 1.06 bits per heavy atom. The molecule has 0 heterocycles. The van der Waals surface area contributed by atoms with Gasteiger partial charge in [-0.2, -0.15) is 0 Å². The maximum Gasteiger partial charge on any atom is 0.0382 e. The van der Waals surface area contributed by atoms with Gasteiger partial charge in [0.1, 0.15) is 0 Å². The largest absolute Gasteiger partial charge is 0.344 e. The van der Waals surface area contributed by atoms with Gasteiger partial charge in [-0.15, -0.1) is 0 Å². The molecule has 3 nitrogen and oxygen atoms in total. The second-order valence-corrected chi connectivity index (χ2v) is 4.45. The number of hydrogen-bond acceptors (Lipinski definition) is 3. The molecule has 5 N–H and O–H groups in total. The second kappa shape index (κ2) is 6.63. The van der Waals surface area contributed by atoms with Crippen LogP contribution in [0.4, 0.5) is 0 Å². The average Bonchev–Trinajstić information content (AvgIpc) is 2.31. The highest BCUT2D eigenvalue weighted by molar-refractivity contribution is 5.14. The van der Waals surface area contributed by atoms with Crippen molar-refractivity contribution in [3.05, 3.63) is 35.9 Å². The van der Waals surface area contributed by atoms with E-state index in [-0.39, 0.29) is 6.15 Å². The summed E-state index contributed by atoms with van der Waals surface area (Å²) >= 11 is 0. The zero-order valence-electron chi connectivity index (χ0n) is 9.94. The van der Waals surface area contributed by atoms with Gasteiger partial charge >= 0.3 is 0 Å². The van der Waals surface area contributed by atoms with Crippen molar-refractivity contribution in [2.45, 2.75) is 44.7 Å². The van der Waals surface area contributed by atoms with Crippen LogP contribution in [0.15, 0.2) is 30.3 Å². The number of rotatable bonds is 3. The first-order valence-electron chi connectivity index (χ1n) is 5.91. The summed E-state index contributed by atoms with van der Waals surface area (Å²) in [5.74, 6) is 6.11. The van der Waals surface area contributed by atoms with Crippen molar-refractivity contribution >= 4 is 0 Å². The van der Waals surface area contributed by atoms with E-state index in [1.807, 2.05) is 11.1 Å². The van der Waals surface area contributed by atoms with Crippen LogP contribution < -0.4 is 12.0 Å². The highest BCUT2D eigenvalue weighted by Gasteiger charge is 2.18. The van der Waals surface area contributed by atoms with Gasteiger partial charge in [0.25, 0.3) is 0 Å². The number of hydrazine groups is 1. The molecule has 1 saturated carbocycles. The Morgan fingerprint density at radius 3 is 2.31 bits per heavy atom. The summed E-state index contributed by atoms with van der Waals surface area (Å²) in [7, 11) is 0. The Hall–Kier alpha value is -0.900. The van der Waals surface area contributed by atoms with Gasteiger partial charge in [-0.3, -0.25) is 5.84 Å². The second-order valence-electron chi connectivity index (χ2n) is 4.45. The Morgan fingerprint density at radius 2 is 1.69 bits per heavy atom. The van der Waals surface area contributed by atoms with Crippen molar-refractivity contribution in [1.29, 1.82) is 0 Å². The number of hydrogen-bond donors (Lipinski definition) is 2. The molecular weight excluding hydrogens is 198 g/mol. The zero-order chi connectivity index (χ0) is 10.5. The van der Waals surface area contributed by atoms with E-state index < -0.39 is 0 Å². The highest BCUT2D eigenvalue weighted by atomic mass is 15.4. The molecule has 1 aliphatic carbocycles. The fraction of sp³-hybridized carbons (Fsp3) is 0.538. The van der Waals surface area contributed by atoms with Gasteiger partial charge in [-0.25, -0.2) is 5.01 Å². The van der Waals surface area contributed by atoms with E-state index >= 15 is 0 Å². The van der Waals surface area contributed by atoms with Crippen LogP contribution >= 0.6 is 0 Å². The van der Waals surface area contributed by atoms with Gasteiger partial charge in [0, 0.05) is 12.6 Å². The molecule has 16 heavy (non-hydrogen) atoms. The first kappa shape index (κ1) is 13.2. The van der Waals surface area contributed by atoms with Crippen molar-refractivity contribution in [2.24, 2.45) is 5.84 Å². The molecule has 0 aromatic heterocycles. The SMILES string of the molecule is N.NN(Cc1ccccc1)C1CCCCC1. The summed E-state index contributed by atoms with van der Waals surface area (Å²) in [5, 5.41) is 2.02. The third-order valence-corrected chi connectivity index (χ3v) is 3.25. The first-order valence-corrected chi connectivity index (χ1v) is 5.91. The quantitative estimate of drug-likeness (QED) is 0.609. The number of nitrogens with two attached hydrogens (primary N) is 1. The standard InChI is InChI=1S/C13H20N2.H3N/c14-15(13-9-5-2-6-10-13)11-12-7-3-1-4-8-12;/h1,3-4,7-8,13H,2,5-6,9-11,14H2;1H3. The minimum atomic E-state index is 0. The predicted molar refractivity (Wildman–Crippen MR) is 68.1 cm³/mol. The summed E-state index contributed by atoms with van der Waals surface area (Å²) in [6.45, 7) is 0.880. The highest BCUT2D eigenvalue weighted by Crippen LogP contribution is 2.21. The lowest BCUT2D eigenvalue weighted by Gasteiger charge is -2.30. The smallest absolute Gasteiger partial charge is 0.0382 e. The Kier molecular flexibility index (Phi) is 5.46. The molecule has 0 bridgehead atoms. The lowest BCUT2D eigenvalue weighted by Crippen LogP contribution is -2.41. The van der Waals surface area contributed by atoms with Gasteiger partial charge in [0.05, 0.1) is 0 Å². The fourth-order valence-electron chi connectivity index (χ4n) is 2.34. The van der Waals surface area contributed by atoms with Crippen LogP contribution in [0.25, 0.3) is 0 Å². The van der Waals surface area contributed by atoms with E-state index in [1.165, 1.54) is 37.7 Å². The molecule has 3 heteroatoms. The van der Waals surface area contributed by atoms with E-state index in [2.05, 4.69) is 24.3 Å². The molecule has 0 atom stereocenters. The van der Waals surface area contributed by atoms with Crippen LogP contribution in [0.5, 0.6) is 0 Å². The van der Waals surface area contributed by atoms with E-state index in [9.17, 15) is 0 Å². The summed E-state index contributed by atoms with van der Waals surface area (Å²) in [4.78, 5) is 0. The molecule has 1 aromatic rings. The van der Waals surface area contributed by atoms with E-state index in [0.717, 1.165) is 6.54 Å². The van der Waals surface area contributed by atoms with E-state index in [4.69, 9.17) is 5.84 Å². The molecule has 1 fully saturated rings. The number of benzene rings is 1. The molecule has 90 valence electrons. The molecule has 1 aromatic carbocycles. The maximum absolute atomic E-state index is 6.11. The molecule has 0 unspecified atom stereocenters. The molecule has 0 radical (unpaired) electrons. The predicted octanol–water partition coefficient (Wildman–Crippen LogP) is 2.86. The van der Waals surface area contributed by atoms with Crippen LogP contribution in [0, 0.1) is 0 Å². The zero-order valence-corrected chi connectivity index (χ0v) is 9.94. The van der Waals surface area contributed by atoms with E-state index in [1.54, 1.807) is 0 Å². The molecule has 0 spiro atoms. The van der Waals surface area contributed by atoms with Gasteiger partial charge < -0.3 is 6.15 Å². The van der Waals surface area contributed by atoms with Gasteiger partial charge in [-0.1, -0.05) is 49.6 Å². The third kappa shape index (κ3) is 3.59. The molecule has 0 aliphatic heterocycles. The van der Waals surface area contributed by atoms with Gasteiger partial charge in [-0.05, 0) is 18.4 Å². The van der Waals surface area contributed by atoms with Gasteiger partial charge in [0.15, 0.2) is 0 Å². The molecule has 0 saturated heterocycles. The lowest BCUT2D eigenvalue weighted by molar-refractivity contribution is 0.150. The first-order chi connectivity index (χ1) is 7.36. The van der Waals surface area contributed by atoms with Crippen molar-refractivity contribution in [1.82, 2.24) is 11.2 Å². The van der Waals surface area contributed by atoms with Crippen molar-refractivity contribution in [3.63, 3.8) is 0 Å². The molecular formula is C13H23N3. The minimum Gasteiger partial charge on any atom is -0.344 e. The van der Waals surface area contributed by atoms with E-state index in [0.29, 0.717) is 6.04 Å². The number of nitrogens with zero attached hydrogens (tertiary/aromatic N) is 1. The molecule has 2 rings (SSSR count). The Labute approximate surface area is 98.2 Å². The van der Waals surface area contributed by atoms with Crippen LogP contribution in [0.3, 0.4) is 0 Å². The lowest BCUT2D eigenvalue weighted by atomic mass is 9.95. The van der Waals surface area contributed by atoms with Crippen molar-refractivity contribution in [3.8, 4) is 0 Å². The van der Waals surface area contributed by atoms with Crippen LogP contribution in [0.2, 0.25) is 0 Å². The molecule has 1 aliphatic rings. The van der Waals surface area contributed by atoms with Crippen LogP contribution in [-0.4, -0.2) is 11.1 Å². The van der Waals surface area contributed by atoms with Crippen LogP contribution in [0.1, 0.15) is 37.7 Å². The minimum absolute atomic E-state index is 0. The average molecular weight is 221 g/mol.